The molecule has 13 heavy (non-hydrogen) atoms. The summed E-state index contributed by atoms with van der Waals surface area (Å²) >= 11 is 0. The molecular formula is C11H16N2. The summed E-state index contributed by atoms with van der Waals surface area (Å²) in [5, 5.41) is 0. The van der Waals surface area contributed by atoms with Gasteiger partial charge in [0.15, 0.2) is 0 Å². The molecule has 0 N–H and O–H groups in total. The van der Waals surface area contributed by atoms with E-state index in [0.717, 1.165) is 11.5 Å². The van der Waals surface area contributed by atoms with Gasteiger partial charge in [-0.2, -0.15) is 0 Å². The van der Waals surface area contributed by atoms with Crippen LogP contribution in [-0.4, -0.2) is 24.8 Å². The van der Waals surface area contributed by atoms with Crippen molar-refractivity contribution in [3.05, 3.63) is 29.8 Å². The first-order valence-corrected chi connectivity index (χ1v) is 4.39. The highest BCUT2D eigenvalue weighted by molar-refractivity contribution is 5.82. The molecule has 1 rings (SSSR count). The average Bonchev–Trinajstić information content (AvgIpc) is 2.08. The summed E-state index contributed by atoms with van der Waals surface area (Å²) in [4.78, 5) is 6.51. The molecule has 0 unspecified atom stereocenters. The van der Waals surface area contributed by atoms with E-state index in [1.54, 1.807) is 0 Å². The van der Waals surface area contributed by atoms with Gasteiger partial charge in [-0.3, -0.25) is 0 Å². The molecule has 0 bridgehead atoms. The van der Waals surface area contributed by atoms with Crippen LogP contribution in [0.4, 0.5) is 5.69 Å². The second-order valence-corrected chi connectivity index (χ2v) is 3.34. The lowest BCUT2D eigenvalue weighted by Crippen LogP contribution is -2.17. The maximum absolute atomic E-state index is 4.50. The van der Waals surface area contributed by atoms with E-state index in [2.05, 4.69) is 18.0 Å². The first-order valence-electron chi connectivity index (χ1n) is 4.39. The van der Waals surface area contributed by atoms with E-state index < -0.39 is 0 Å². The van der Waals surface area contributed by atoms with E-state index in [4.69, 9.17) is 0 Å². The minimum Gasteiger partial charge on any atom is -0.366 e. The summed E-state index contributed by atoms with van der Waals surface area (Å²) < 4.78 is 0. The Morgan fingerprint density at radius 2 is 1.85 bits per heavy atom. The number of aryl methyl sites for hydroxylation is 1. The average molecular weight is 176 g/mol. The zero-order chi connectivity index (χ0) is 9.84. The van der Waals surface area contributed by atoms with E-state index in [1.165, 1.54) is 5.56 Å². The van der Waals surface area contributed by atoms with Crippen LogP contribution in [0.2, 0.25) is 0 Å². The molecule has 0 aliphatic rings. The fourth-order valence-corrected chi connectivity index (χ4v) is 0.963. The van der Waals surface area contributed by atoms with Gasteiger partial charge in [-0.1, -0.05) is 18.2 Å². The second-order valence-electron chi connectivity index (χ2n) is 3.34. The lowest BCUT2D eigenvalue weighted by atomic mass is 10.2. The summed E-state index contributed by atoms with van der Waals surface area (Å²) in [7, 11) is 3.99. The van der Waals surface area contributed by atoms with Crippen LogP contribution in [0.15, 0.2) is 29.3 Å². The molecule has 0 aliphatic carbocycles. The molecule has 0 aromatic heterocycles. The standard InChI is InChI=1S/C11H16N2/c1-9-7-5-6-8-11(9)12-10(2)13(3)4/h5-8H,1-4H3. The van der Waals surface area contributed by atoms with E-state index in [-0.39, 0.29) is 0 Å². The van der Waals surface area contributed by atoms with Gasteiger partial charge in [0.05, 0.1) is 5.69 Å². The molecule has 0 spiro atoms. The number of amidine groups is 1. The predicted octanol–water partition coefficient (Wildman–Crippen LogP) is 2.61. The minimum atomic E-state index is 1.02. The first kappa shape index (κ1) is 9.78. The molecule has 1 aromatic carbocycles. The maximum atomic E-state index is 4.50. The summed E-state index contributed by atoms with van der Waals surface area (Å²) in [5.74, 6) is 1.02. The normalized spacial score (nSPS) is 11.5. The first-order chi connectivity index (χ1) is 6.11. The molecule has 0 amide bonds. The van der Waals surface area contributed by atoms with Crippen molar-refractivity contribution in [1.29, 1.82) is 0 Å². The highest BCUT2D eigenvalue weighted by atomic mass is 15.1. The highest BCUT2D eigenvalue weighted by Gasteiger charge is 1.96. The molecule has 1 aromatic rings. The van der Waals surface area contributed by atoms with E-state index in [9.17, 15) is 0 Å². The molecule has 0 atom stereocenters. The summed E-state index contributed by atoms with van der Waals surface area (Å²) in [6, 6.07) is 8.14. The highest BCUT2D eigenvalue weighted by Crippen LogP contribution is 2.17. The van der Waals surface area contributed by atoms with E-state index >= 15 is 0 Å². The third-order valence-electron chi connectivity index (χ3n) is 2.04. The van der Waals surface area contributed by atoms with Gasteiger partial charge in [-0.05, 0) is 25.5 Å². The number of rotatable bonds is 1. The van der Waals surface area contributed by atoms with Gasteiger partial charge in [-0.25, -0.2) is 4.99 Å². The van der Waals surface area contributed by atoms with Gasteiger partial charge in [0, 0.05) is 14.1 Å². The largest absolute Gasteiger partial charge is 0.366 e. The van der Waals surface area contributed by atoms with Crippen molar-refractivity contribution in [1.82, 2.24) is 4.90 Å². The van der Waals surface area contributed by atoms with Crippen LogP contribution < -0.4 is 0 Å². The van der Waals surface area contributed by atoms with Gasteiger partial charge >= 0.3 is 0 Å². The van der Waals surface area contributed by atoms with Crippen LogP contribution in [0.5, 0.6) is 0 Å². The van der Waals surface area contributed by atoms with E-state index in [0.29, 0.717) is 0 Å². The SMILES string of the molecule is CC(=Nc1ccccc1C)N(C)C. The smallest absolute Gasteiger partial charge is 0.101 e. The van der Waals surface area contributed by atoms with Gasteiger partial charge < -0.3 is 4.90 Å². The Balaban J connectivity index is 2.97. The molecule has 70 valence electrons. The summed E-state index contributed by atoms with van der Waals surface area (Å²) in [5.41, 5.74) is 2.26. The Bertz CT molecular complexity index is 314. The quantitative estimate of drug-likeness (QED) is 0.474. The number of para-hydroxylation sites is 1. The number of hydrogen-bond donors (Lipinski definition) is 0. The molecular weight excluding hydrogens is 160 g/mol. The van der Waals surface area contributed by atoms with Crippen molar-refractivity contribution < 1.29 is 0 Å². The van der Waals surface area contributed by atoms with E-state index in [1.807, 2.05) is 44.1 Å². The molecule has 2 nitrogen and oxygen atoms in total. The Morgan fingerprint density at radius 1 is 1.23 bits per heavy atom. The fraction of sp³-hybridized carbons (Fsp3) is 0.364. The number of benzene rings is 1. The fourth-order valence-electron chi connectivity index (χ4n) is 0.963. The third kappa shape index (κ3) is 2.58. The van der Waals surface area contributed by atoms with Gasteiger partial charge in [0.2, 0.25) is 0 Å². The topological polar surface area (TPSA) is 15.6 Å². The van der Waals surface area contributed by atoms with Crippen LogP contribution >= 0.6 is 0 Å². The second kappa shape index (κ2) is 4.08. The van der Waals surface area contributed by atoms with Crippen molar-refractivity contribution >= 4 is 11.5 Å². The summed E-state index contributed by atoms with van der Waals surface area (Å²) in [6.07, 6.45) is 0. The lowest BCUT2D eigenvalue weighted by Gasteiger charge is -2.11. The minimum absolute atomic E-state index is 1.02. The lowest BCUT2D eigenvalue weighted by molar-refractivity contribution is 0.619. The number of hydrogen-bond acceptors (Lipinski definition) is 1. The molecule has 0 saturated carbocycles. The zero-order valence-electron chi connectivity index (χ0n) is 8.70. The van der Waals surface area contributed by atoms with Crippen LogP contribution in [0.3, 0.4) is 0 Å². The molecule has 2 heteroatoms. The molecule has 0 aliphatic heterocycles. The zero-order valence-corrected chi connectivity index (χ0v) is 8.70. The van der Waals surface area contributed by atoms with Crippen LogP contribution in [0, 0.1) is 6.92 Å². The van der Waals surface area contributed by atoms with Crippen LogP contribution in [-0.2, 0) is 0 Å². The molecule has 0 saturated heterocycles. The van der Waals surface area contributed by atoms with Crippen molar-refractivity contribution in [2.75, 3.05) is 14.1 Å². The summed E-state index contributed by atoms with van der Waals surface area (Å²) in [6.45, 7) is 4.08. The van der Waals surface area contributed by atoms with Crippen molar-refractivity contribution in [3.8, 4) is 0 Å². The van der Waals surface area contributed by atoms with Gasteiger partial charge in [-0.15, -0.1) is 0 Å². The monoisotopic (exact) mass is 176 g/mol. The third-order valence-corrected chi connectivity index (χ3v) is 2.04. The van der Waals surface area contributed by atoms with Gasteiger partial charge in [0.1, 0.15) is 5.84 Å². The Hall–Kier alpha value is -1.31. The predicted molar refractivity (Wildman–Crippen MR) is 57.6 cm³/mol. The van der Waals surface area contributed by atoms with Crippen LogP contribution in [0.25, 0.3) is 0 Å². The Labute approximate surface area is 79.9 Å². The van der Waals surface area contributed by atoms with Gasteiger partial charge in [0.25, 0.3) is 0 Å². The van der Waals surface area contributed by atoms with Crippen LogP contribution in [0.1, 0.15) is 12.5 Å². The van der Waals surface area contributed by atoms with Crippen molar-refractivity contribution in [2.45, 2.75) is 13.8 Å². The molecule has 0 radical (unpaired) electrons. The maximum Gasteiger partial charge on any atom is 0.101 e. The Kier molecular flexibility index (Phi) is 3.07. The van der Waals surface area contributed by atoms with Crippen molar-refractivity contribution in [2.24, 2.45) is 4.99 Å². The molecule has 0 heterocycles. The number of aliphatic imine (C=N–C) groups is 1. The van der Waals surface area contributed by atoms with Crippen molar-refractivity contribution in [3.63, 3.8) is 0 Å². The number of nitrogens with zero attached hydrogens (tertiary/aromatic N) is 2. The molecule has 0 fully saturated rings. The Morgan fingerprint density at radius 3 is 2.38 bits per heavy atom.